The van der Waals surface area contributed by atoms with Crippen LogP contribution in [0.15, 0.2) is 30.5 Å². The molecule has 0 saturated carbocycles. The lowest BCUT2D eigenvalue weighted by atomic mass is 9.86. The van der Waals surface area contributed by atoms with E-state index >= 15 is 0 Å². The first-order valence-corrected chi connectivity index (χ1v) is 9.06. The summed E-state index contributed by atoms with van der Waals surface area (Å²) < 4.78 is 14.8. The zero-order valence-electron chi connectivity index (χ0n) is 13.4. The van der Waals surface area contributed by atoms with E-state index in [4.69, 9.17) is 0 Å². The fourth-order valence-corrected chi connectivity index (χ4v) is 4.62. The first kappa shape index (κ1) is 14.8. The van der Waals surface area contributed by atoms with E-state index in [9.17, 15) is 9.18 Å². The van der Waals surface area contributed by atoms with Crippen molar-refractivity contribution in [2.75, 3.05) is 24.5 Å². The van der Waals surface area contributed by atoms with Crippen molar-refractivity contribution in [3.05, 3.63) is 36.3 Å². The van der Waals surface area contributed by atoms with E-state index in [0.717, 1.165) is 47.4 Å². The molecule has 8 heteroatoms. The number of nitrogens with one attached hydrogen (secondary N) is 1. The summed E-state index contributed by atoms with van der Waals surface area (Å²) in [4.78, 5) is 19.2. The van der Waals surface area contributed by atoms with Gasteiger partial charge in [-0.05, 0) is 30.7 Å². The maximum Gasteiger partial charge on any atom is 0.220 e. The van der Waals surface area contributed by atoms with Gasteiger partial charge in [0.25, 0.3) is 0 Å². The number of benzene rings is 1. The molecule has 0 aliphatic carbocycles. The molecule has 1 N–H and O–H groups in total. The Balaban J connectivity index is 1.40. The van der Waals surface area contributed by atoms with Gasteiger partial charge >= 0.3 is 0 Å². The van der Waals surface area contributed by atoms with Gasteiger partial charge in [0.1, 0.15) is 5.82 Å². The second kappa shape index (κ2) is 5.26. The van der Waals surface area contributed by atoms with Crippen molar-refractivity contribution in [3.8, 4) is 11.3 Å². The molecule has 2 saturated heterocycles. The lowest BCUT2D eigenvalue weighted by Gasteiger charge is -2.20. The summed E-state index contributed by atoms with van der Waals surface area (Å²) in [6.45, 7) is 2.53. The Morgan fingerprint density at radius 1 is 1.28 bits per heavy atom. The van der Waals surface area contributed by atoms with Crippen molar-refractivity contribution < 1.29 is 9.18 Å². The van der Waals surface area contributed by atoms with E-state index in [2.05, 4.69) is 20.3 Å². The van der Waals surface area contributed by atoms with Gasteiger partial charge in [0, 0.05) is 37.0 Å². The van der Waals surface area contributed by atoms with Crippen LogP contribution in [0.25, 0.3) is 16.2 Å². The van der Waals surface area contributed by atoms with Crippen molar-refractivity contribution in [2.24, 2.45) is 5.41 Å². The van der Waals surface area contributed by atoms with Gasteiger partial charge < -0.3 is 10.2 Å². The third-order valence-corrected chi connectivity index (χ3v) is 6.06. The van der Waals surface area contributed by atoms with Crippen LogP contribution < -0.4 is 10.2 Å². The van der Waals surface area contributed by atoms with Gasteiger partial charge in [0.05, 0.1) is 11.9 Å². The summed E-state index contributed by atoms with van der Waals surface area (Å²) in [6.07, 6.45) is 3.49. The lowest BCUT2D eigenvalue weighted by molar-refractivity contribution is -0.119. The molecule has 5 rings (SSSR count). The van der Waals surface area contributed by atoms with Gasteiger partial charge in [-0.25, -0.2) is 13.9 Å². The van der Waals surface area contributed by atoms with Crippen LogP contribution in [0.4, 0.5) is 9.52 Å². The predicted octanol–water partition coefficient (Wildman–Crippen LogP) is 2.31. The van der Waals surface area contributed by atoms with Crippen LogP contribution in [0.5, 0.6) is 0 Å². The Kier molecular flexibility index (Phi) is 3.12. The number of amides is 1. The van der Waals surface area contributed by atoms with E-state index < -0.39 is 0 Å². The average molecular weight is 357 g/mol. The van der Waals surface area contributed by atoms with Crippen LogP contribution in [0.1, 0.15) is 12.8 Å². The Bertz CT molecular complexity index is 934. The highest BCUT2D eigenvalue weighted by molar-refractivity contribution is 7.20. The number of nitrogens with zero attached hydrogens (tertiary/aromatic N) is 4. The third kappa shape index (κ3) is 2.48. The standard InChI is InChI=1S/C17H16FN5OS/c18-12-3-1-11(2-4-12)13-8-23-15(20-13)25-16(21-23)22-6-5-17(10-22)7-14(24)19-9-17/h1-4,8H,5-7,9-10H2,(H,19,24). The fourth-order valence-electron chi connectivity index (χ4n) is 3.72. The summed E-state index contributed by atoms with van der Waals surface area (Å²) in [7, 11) is 0. The minimum Gasteiger partial charge on any atom is -0.355 e. The zero-order chi connectivity index (χ0) is 17.0. The molecule has 0 radical (unpaired) electrons. The molecule has 4 heterocycles. The first-order chi connectivity index (χ1) is 12.1. The maximum atomic E-state index is 13.1. The molecule has 1 atom stereocenters. The van der Waals surface area contributed by atoms with E-state index in [1.807, 2.05) is 6.20 Å². The van der Waals surface area contributed by atoms with Crippen LogP contribution >= 0.6 is 11.3 Å². The van der Waals surface area contributed by atoms with Crippen molar-refractivity contribution in [3.63, 3.8) is 0 Å². The van der Waals surface area contributed by atoms with Crippen LogP contribution in [0, 0.1) is 11.2 Å². The highest BCUT2D eigenvalue weighted by atomic mass is 32.1. The molecule has 2 aromatic heterocycles. The minimum absolute atomic E-state index is 0.0596. The number of hydrogen-bond acceptors (Lipinski definition) is 5. The summed E-state index contributed by atoms with van der Waals surface area (Å²) in [5.74, 6) is -0.104. The molecule has 2 aliphatic heterocycles. The molecule has 1 spiro atoms. The van der Waals surface area contributed by atoms with Crippen LogP contribution in [0.3, 0.4) is 0 Å². The van der Waals surface area contributed by atoms with E-state index in [1.54, 1.807) is 28.0 Å². The quantitative estimate of drug-likeness (QED) is 0.765. The minimum atomic E-state index is -0.256. The molecule has 2 aliphatic rings. The second-order valence-electron chi connectivity index (χ2n) is 6.87. The molecule has 1 unspecified atom stereocenters. The SMILES string of the molecule is O=C1CC2(CCN(c3nn4cc(-c5ccc(F)cc5)nc4s3)C2)CN1. The number of imidazole rings is 1. The van der Waals surface area contributed by atoms with Gasteiger partial charge in [0.15, 0.2) is 0 Å². The molecular weight excluding hydrogens is 341 g/mol. The summed E-state index contributed by atoms with van der Waals surface area (Å²) in [5.41, 5.74) is 1.72. The number of anilines is 1. The molecule has 2 fully saturated rings. The van der Waals surface area contributed by atoms with Gasteiger partial charge in [-0.1, -0.05) is 11.3 Å². The van der Waals surface area contributed by atoms with Crippen LogP contribution in [0.2, 0.25) is 0 Å². The largest absolute Gasteiger partial charge is 0.355 e. The van der Waals surface area contributed by atoms with Gasteiger partial charge in [-0.3, -0.25) is 4.79 Å². The molecule has 0 bridgehead atoms. The molecule has 25 heavy (non-hydrogen) atoms. The molecular formula is C17H16FN5OS. The number of halogens is 1. The van der Waals surface area contributed by atoms with Gasteiger partial charge in [0.2, 0.25) is 16.0 Å². The van der Waals surface area contributed by atoms with Crippen molar-refractivity contribution >= 4 is 27.3 Å². The Morgan fingerprint density at radius 3 is 2.84 bits per heavy atom. The van der Waals surface area contributed by atoms with Crippen molar-refractivity contribution in [2.45, 2.75) is 12.8 Å². The second-order valence-corrected chi connectivity index (χ2v) is 7.80. The molecule has 3 aromatic rings. The predicted molar refractivity (Wildman–Crippen MR) is 93.1 cm³/mol. The number of fused-ring (bicyclic) bond motifs is 1. The molecule has 1 amide bonds. The van der Waals surface area contributed by atoms with Crippen LogP contribution in [-0.4, -0.2) is 40.1 Å². The van der Waals surface area contributed by atoms with E-state index in [1.165, 1.54) is 12.1 Å². The maximum absolute atomic E-state index is 13.1. The normalized spacial score (nSPS) is 23.1. The molecule has 6 nitrogen and oxygen atoms in total. The molecule has 1 aromatic carbocycles. The van der Waals surface area contributed by atoms with Crippen LogP contribution in [-0.2, 0) is 4.79 Å². The number of aromatic nitrogens is 3. The highest BCUT2D eigenvalue weighted by Crippen LogP contribution is 2.39. The Labute approximate surface area is 147 Å². The van der Waals surface area contributed by atoms with E-state index in [-0.39, 0.29) is 17.1 Å². The van der Waals surface area contributed by atoms with Crippen molar-refractivity contribution in [1.82, 2.24) is 19.9 Å². The highest BCUT2D eigenvalue weighted by Gasteiger charge is 2.44. The number of hydrogen-bond donors (Lipinski definition) is 1. The smallest absolute Gasteiger partial charge is 0.220 e. The molecule has 128 valence electrons. The summed E-state index contributed by atoms with van der Waals surface area (Å²) in [5, 5.41) is 8.53. The summed E-state index contributed by atoms with van der Waals surface area (Å²) in [6, 6.07) is 6.30. The Hall–Kier alpha value is -2.48. The van der Waals surface area contributed by atoms with Gasteiger partial charge in [-0.2, -0.15) is 0 Å². The summed E-state index contributed by atoms with van der Waals surface area (Å²) >= 11 is 1.54. The first-order valence-electron chi connectivity index (χ1n) is 8.24. The number of carbonyl (C=O) groups is 1. The third-order valence-electron chi connectivity index (χ3n) is 5.08. The zero-order valence-corrected chi connectivity index (χ0v) is 14.2. The Morgan fingerprint density at radius 2 is 2.12 bits per heavy atom. The fraction of sp³-hybridized carbons (Fsp3) is 0.353. The van der Waals surface area contributed by atoms with Gasteiger partial charge in [-0.15, -0.1) is 5.10 Å². The topological polar surface area (TPSA) is 62.5 Å². The monoisotopic (exact) mass is 357 g/mol. The lowest BCUT2D eigenvalue weighted by Crippen LogP contribution is -2.29. The number of carbonyl (C=O) groups excluding carboxylic acids is 1. The number of rotatable bonds is 2. The average Bonchev–Trinajstić information content (AvgIpc) is 3.32. The van der Waals surface area contributed by atoms with E-state index in [0.29, 0.717) is 6.42 Å². The van der Waals surface area contributed by atoms with Crippen molar-refractivity contribution in [1.29, 1.82) is 0 Å².